The molecule has 0 atom stereocenters. The summed E-state index contributed by atoms with van der Waals surface area (Å²) in [7, 11) is 0. The maximum absolute atomic E-state index is 11.5. The van der Waals surface area contributed by atoms with Crippen molar-refractivity contribution in [2.24, 2.45) is 0 Å². The Morgan fingerprint density at radius 3 is 2.40 bits per heavy atom. The molecule has 0 fully saturated rings. The maximum atomic E-state index is 11.5. The first-order valence-electron chi connectivity index (χ1n) is 6.37. The molecule has 1 N–H and O–H groups in total. The van der Waals surface area contributed by atoms with Gasteiger partial charge in [0.05, 0.1) is 5.69 Å². The van der Waals surface area contributed by atoms with Crippen LogP contribution in [-0.2, 0) is 11.3 Å². The monoisotopic (exact) mass is 272 g/mol. The van der Waals surface area contributed by atoms with E-state index in [4.69, 9.17) is 5.11 Å². The second-order valence-electron chi connectivity index (χ2n) is 4.88. The van der Waals surface area contributed by atoms with Crippen molar-refractivity contribution in [3.8, 4) is 11.3 Å². The van der Waals surface area contributed by atoms with Crippen molar-refractivity contribution in [3.05, 3.63) is 52.3 Å². The zero-order valence-electron chi connectivity index (χ0n) is 11.4. The van der Waals surface area contributed by atoms with Crippen LogP contribution in [0.4, 0.5) is 0 Å². The molecule has 0 aliphatic heterocycles. The Balaban J connectivity index is 2.37. The fourth-order valence-corrected chi connectivity index (χ4v) is 1.88. The average Bonchev–Trinajstić information content (AvgIpc) is 2.41. The van der Waals surface area contributed by atoms with Gasteiger partial charge in [-0.3, -0.25) is 9.59 Å². The van der Waals surface area contributed by atoms with Gasteiger partial charge in [0, 0.05) is 11.6 Å². The number of carboxylic acids is 1. The molecule has 0 aliphatic carbocycles. The lowest BCUT2D eigenvalue weighted by molar-refractivity contribution is -0.138. The number of carboxylic acid groups (broad SMARTS) is 1. The summed E-state index contributed by atoms with van der Waals surface area (Å²) in [5, 5.41) is 12.8. The minimum Gasteiger partial charge on any atom is -0.480 e. The third-order valence-electron chi connectivity index (χ3n) is 3.02. The molecular weight excluding hydrogens is 256 g/mol. The highest BCUT2D eigenvalue weighted by atomic mass is 16.4. The number of aliphatic carboxylic acids is 1. The zero-order valence-corrected chi connectivity index (χ0v) is 11.4. The van der Waals surface area contributed by atoms with Gasteiger partial charge in [-0.15, -0.1) is 0 Å². The third kappa shape index (κ3) is 3.12. The van der Waals surface area contributed by atoms with Gasteiger partial charge in [-0.25, -0.2) is 4.68 Å². The van der Waals surface area contributed by atoms with Crippen LogP contribution in [0.2, 0.25) is 0 Å². The molecule has 5 heteroatoms. The number of rotatable bonds is 4. The fraction of sp³-hybridized carbons (Fsp3) is 0.267. The van der Waals surface area contributed by atoms with Crippen molar-refractivity contribution in [1.29, 1.82) is 0 Å². The highest BCUT2D eigenvalue weighted by Gasteiger charge is 2.07. The molecule has 0 aliphatic rings. The van der Waals surface area contributed by atoms with Crippen LogP contribution in [0.1, 0.15) is 25.3 Å². The molecule has 0 saturated heterocycles. The number of hydrogen-bond donors (Lipinski definition) is 1. The van der Waals surface area contributed by atoms with Crippen molar-refractivity contribution >= 4 is 5.97 Å². The molecule has 0 saturated carbocycles. The van der Waals surface area contributed by atoms with Crippen LogP contribution in [0, 0.1) is 0 Å². The van der Waals surface area contributed by atoms with Crippen LogP contribution >= 0.6 is 0 Å². The van der Waals surface area contributed by atoms with Crippen LogP contribution in [0.3, 0.4) is 0 Å². The molecular formula is C15H16N2O3. The van der Waals surface area contributed by atoms with E-state index >= 15 is 0 Å². The average molecular weight is 272 g/mol. The molecule has 0 bridgehead atoms. The van der Waals surface area contributed by atoms with E-state index in [1.807, 2.05) is 24.3 Å². The maximum Gasteiger partial charge on any atom is 0.325 e. The molecule has 0 amide bonds. The first kappa shape index (κ1) is 14.0. The highest BCUT2D eigenvalue weighted by molar-refractivity contribution is 5.66. The summed E-state index contributed by atoms with van der Waals surface area (Å²) in [4.78, 5) is 22.2. The van der Waals surface area contributed by atoms with Gasteiger partial charge in [0.2, 0.25) is 0 Å². The minimum absolute atomic E-state index is 0.421. The van der Waals surface area contributed by atoms with E-state index in [1.54, 1.807) is 6.07 Å². The molecule has 1 aromatic heterocycles. The van der Waals surface area contributed by atoms with Crippen LogP contribution in [0.15, 0.2) is 41.2 Å². The van der Waals surface area contributed by atoms with Crippen molar-refractivity contribution in [1.82, 2.24) is 9.78 Å². The van der Waals surface area contributed by atoms with Gasteiger partial charge < -0.3 is 5.11 Å². The summed E-state index contributed by atoms with van der Waals surface area (Å²) in [6.07, 6.45) is 0. The number of benzene rings is 1. The van der Waals surface area contributed by atoms with Crippen molar-refractivity contribution in [2.45, 2.75) is 26.3 Å². The SMILES string of the molecule is CC(C)c1ccc(-c2ccc(=O)n(CC(=O)O)n2)cc1. The van der Waals surface area contributed by atoms with Gasteiger partial charge in [-0.05, 0) is 17.5 Å². The van der Waals surface area contributed by atoms with Crippen LogP contribution in [0.5, 0.6) is 0 Å². The third-order valence-corrected chi connectivity index (χ3v) is 3.02. The summed E-state index contributed by atoms with van der Waals surface area (Å²) < 4.78 is 0.952. The Morgan fingerprint density at radius 2 is 1.85 bits per heavy atom. The van der Waals surface area contributed by atoms with E-state index < -0.39 is 18.1 Å². The second kappa shape index (κ2) is 5.69. The molecule has 2 rings (SSSR count). The van der Waals surface area contributed by atoms with E-state index in [0.717, 1.165) is 10.2 Å². The Hall–Kier alpha value is -2.43. The van der Waals surface area contributed by atoms with Gasteiger partial charge in [0.15, 0.2) is 0 Å². The predicted octanol–water partition coefficient (Wildman–Crippen LogP) is 2.12. The van der Waals surface area contributed by atoms with E-state index in [-0.39, 0.29) is 0 Å². The quantitative estimate of drug-likeness (QED) is 0.925. The first-order chi connectivity index (χ1) is 9.47. The van der Waals surface area contributed by atoms with Crippen LogP contribution < -0.4 is 5.56 Å². The largest absolute Gasteiger partial charge is 0.480 e. The standard InChI is InChI=1S/C15H16N2O3/c1-10(2)11-3-5-12(6-4-11)13-7-8-14(18)17(16-13)9-15(19)20/h3-8,10H,9H2,1-2H3,(H,19,20). The highest BCUT2D eigenvalue weighted by Crippen LogP contribution is 2.20. The predicted molar refractivity (Wildman–Crippen MR) is 75.7 cm³/mol. The first-order valence-corrected chi connectivity index (χ1v) is 6.37. The molecule has 5 nitrogen and oxygen atoms in total. The Kier molecular flexibility index (Phi) is 3.98. The zero-order chi connectivity index (χ0) is 14.7. The van der Waals surface area contributed by atoms with Gasteiger partial charge in [0.1, 0.15) is 6.54 Å². The van der Waals surface area contributed by atoms with Crippen LogP contribution in [0.25, 0.3) is 11.3 Å². The normalized spacial score (nSPS) is 10.8. The van der Waals surface area contributed by atoms with Crippen molar-refractivity contribution in [3.63, 3.8) is 0 Å². The molecule has 1 aromatic carbocycles. The summed E-state index contributed by atoms with van der Waals surface area (Å²) in [5.41, 5.74) is 2.23. The van der Waals surface area contributed by atoms with E-state index in [1.165, 1.54) is 11.6 Å². The Labute approximate surface area is 116 Å². The summed E-state index contributed by atoms with van der Waals surface area (Å²) in [6, 6.07) is 10.8. The van der Waals surface area contributed by atoms with Gasteiger partial charge in [-0.2, -0.15) is 5.10 Å². The minimum atomic E-state index is -1.09. The smallest absolute Gasteiger partial charge is 0.325 e. The number of nitrogens with zero attached hydrogens (tertiary/aromatic N) is 2. The number of hydrogen-bond acceptors (Lipinski definition) is 3. The Morgan fingerprint density at radius 1 is 1.20 bits per heavy atom. The molecule has 20 heavy (non-hydrogen) atoms. The lowest BCUT2D eigenvalue weighted by Crippen LogP contribution is -2.26. The number of carbonyl (C=O) groups is 1. The molecule has 0 spiro atoms. The lowest BCUT2D eigenvalue weighted by Gasteiger charge is -2.08. The molecule has 104 valence electrons. The van der Waals surface area contributed by atoms with Crippen molar-refractivity contribution in [2.75, 3.05) is 0 Å². The van der Waals surface area contributed by atoms with Gasteiger partial charge >= 0.3 is 5.97 Å². The summed E-state index contributed by atoms with van der Waals surface area (Å²) >= 11 is 0. The van der Waals surface area contributed by atoms with Gasteiger partial charge in [-0.1, -0.05) is 38.1 Å². The lowest BCUT2D eigenvalue weighted by atomic mass is 10.0. The van der Waals surface area contributed by atoms with E-state index in [9.17, 15) is 9.59 Å². The topological polar surface area (TPSA) is 72.2 Å². The summed E-state index contributed by atoms with van der Waals surface area (Å²) in [5.74, 6) is -0.648. The fourth-order valence-electron chi connectivity index (χ4n) is 1.88. The van der Waals surface area contributed by atoms with E-state index in [0.29, 0.717) is 11.6 Å². The van der Waals surface area contributed by atoms with Crippen LogP contribution in [-0.4, -0.2) is 20.9 Å². The van der Waals surface area contributed by atoms with Gasteiger partial charge in [0.25, 0.3) is 5.56 Å². The van der Waals surface area contributed by atoms with Crippen molar-refractivity contribution < 1.29 is 9.90 Å². The molecule has 2 aromatic rings. The molecule has 0 radical (unpaired) electrons. The second-order valence-corrected chi connectivity index (χ2v) is 4.88. The molecule has 0 unspecified atom stereocenters. The summed E-state index contributed by atoms with van der Waals surface area (Å²) in [6.45, 7) is 3.79. The molecule has 1 heterocycles. The Bertz CT molecular complexity index is 672. The number of aromatic nitrogens is 2. The van der Waals surface area contributed by atoms with E-state index in [2.05, 4.69) is 18.9 Å².